The van der Waals surface area contributed by atoms with Crippen molar-refractivity contribution < 1.29 is 4.79 Å². The van der Waals surface area contributed by atoms with Crippen molar-refractivity contribution in [1.29, 1.82) is 0 Å². The van der Waals surface area contributed by atoms with Crippen LogP contribution >= 0.6 is 0 Å². The van der Waals surface area contributed by atoms with E-state index in [1.165, 1.54) is 16.8 Å². The second kappa shape index (κ2) is 7.83. The lowest BCUT2D eigenvalue weighted by atomic mass is 10.2. The lowest BCUT2D eigenvalue weighted by Gasteiger charge is -2.07. The molecular formula is C19H16N4O2. The molecule has 0 bridgehead atoms. The Labute approximate surface area is 144 Å². The summed E-state index contributed by atoms with van der Waals surface area (Å²) in [6.45, 7) is 0.403. The van der Waals surface area contributed by atoms with Crippen LogP contribution < -0.4 is 11.0 Å². The van der Waals surface area contributed by atoms with E-state index in [0.717, 1.165) is 11.1 Å². The number of amides is 1. The molecule has 2 aromatic heterocycles. The first-order valence-electron chi connectivity index (χ1n) is 7.71. The van der Waals surface area contributed by atoms with E-state index in [9.17, 15) is 9.59 Å². The number of hydrogen-bond acceptors (Lipinski definition) is 4. The maximum absolute atomic E-state index is 12.5. The van der Waals surface area contributed by atoms with Gasteiger partial charge in [0, 0.05) is 24.2 Å². The van der Waals surface area contributed by atoms with E-state index in [0.29, 0.717) is 6.54 Å². The number of hydrogen-bond donors (Lipinski definition) is 1. The lowest BCUT2D eigenvalue weighted by Crippen LogP contribution is -2.30. The number of rotatable bonds is 5. The van der Waals surface area contributed by atoms with Crippen molar-refractivity contribution >= 4 is 12.1 Å². The highest BCUT2D eigenvalue weighted by molar-refractivity contribution is 5.94. The summed E-state index contributed by atoms with van der Waals surface area (Å²) in [4.78, 5) is 28.6. The van der Waals surface area contributed by atoms with Crippen molar-refractivity contribution in [2.24, 2.45) is 5.10 Å². The van der Waals surface area contributed by atoms with Gasteiger partial charge in [0.15, 0.2) is 0 Å². The van der Waals surface area contributed by atoms with Gasteiger partial charge in [-0.1, -0.05) is 36.4 Å². The maximum Gasteiger partial charge on any atom is 0.276 e. The van der Waals surface area contributed by atoms with Crippen molar-refractivity contribution in [3.8, 4) is 0 Å². The Hall–Kier alpha value is -3.54. The predicted molar refractivity (Wildman–Crippen MR) is 95.5 cm³/mol. The fourth-order valence-corrected chi connectivity index (χ4v) is 2.29. The molecule has 0 fully saturated rings. The molecule has 1 aromatic carbocycles. The maximum atomic E-state index is 12.5. The van der Waals surface area contributed by atoms with Gasteiger partial charge in [0.1, 0.15) is 5.56 Å². The third kappa shape index (κ3) is 4.26. The number of carbonyl (C=O) groups is 1. The van der Waals surface area contributed by atoms with Crippen LogP contribution in [0.15, 0.2) is 83.1 Å². The van der Waals surface area contributed by atoms with Gasteiger partial charge in [-0.25, -0.2) is 5.43 Å². The minimum absolute atomic E-state index is 0.0433. The van der Waals surface area contributed by atoms with Gasteiger partial charge in [-0.15, -0.1) is 0 Å². The summed E-state index contributed by atoms with van der Waals surface area (Å²) < 4.78 is 1.50. The third-order valence-corrected chi connectivity index (χ3v) is 3.52. The molecule has 124 valence electrons. The standard InChI is InChI=1S/C19H16N4O2/c24-18(22-21-13-16-8-4-10-20-12-16)17-9-5-11-23(19(17)25)14-15-6-2-1-3-7-15/h1-13H,14H2,(H,22,24)/b21-13-. The molecule has 0 radical (unpaired) electrons. The second-order valence-electron chi connectivity index (χ2n) is 5.33. The zero-order chi connectivity index (χ0) is 17.5. The lowest BCUT2D eigenvalue weighted by molar-refractivity contribution is 0.0953. The molecule has 1 N–H and O–H groups in total. The van der Waals surface area contributed by atoms with Crippen LogP contribution in [0.5, 0.6) is 0 Å². The summed E-state index contributed by atoms with van der Waals surface area (Å²) in [6, 6.07) is 16.3. The van der Waals surface area contributed by atoms with E-state index >= 15 is 0 Å². The van der Waals surface area contributed by atoms with Gasteiger partial charge < -0.3 is 4.57 Å². The monoisotopic (exact) mass is 332 g/mol. The Morgan fingerprint density at radius 1 is 1.12 bits per heavy atom. The summed E-state index contributed by atoms with van der Waals surface area (Å²) in [5.74, 6) is -0.549. The van der Waals surface area contributed by atoms with Crippen molar-refractivity contribution in [1.82, 2.24) is 15.0 Å². The van der Waals surface area contributed by atoms with Crippen LogP contribution in [0, 0.1) is 0 Å². The number of nitrogens with one attached hydrogen (secondary N) is 1. The Morgan fingerprint density at radius 2 is 1.96 bits per heavy atom. The molecule has 2 heterocycles. The van der Waals surface area contributed by atoms with E-state index in [2.05, 4.69) is 15.5 Å². The average Bonchev–Trinajstić information content (AvgIpc) is 2.65. The van der Waals surface area contributed by atoms with Gasteiger partial charge in [0.25, 0.3) is 11.5 Å². The minimum Gasteiger partial charge on any atom is -0.310 e. The van der Waals surface area contributed by atoms with E-state index in [1.807, 2.05) is 30.3 Å². The molecule has 1 amide bonds. The molecule has 6 nitrogen and oxygen atoms in total. The Bertz CT molecular complexity index is 934. The number of aromatic nitrogens is 2. The summed E-state index contributed by atoms with van der Waals surface area (Å²) in [5, 5.41) is 3.86. The summed E-state index contributed by atoms with van der Waals surface area (Å²) in [5.41, 5.74) is 3.78. The summed E-state index contributed by atoms with van der Waals surface area (Å²) in [7, 11) is 0. The number of carbonyl (C=O) groups excluding carboxylic acids is 1. The second-order valence-corrected chi connectivity index (χ2v) is 5.33. The number of benzene rings is 1. The predicted octanol–water partition coefficient (Wildman–Crippen LogP) is 2.06. The first-order valence-corrected chi connectivity index (χ1v) is 7.71. The normalized spacial score (nSPS) is 10.7. The molecule has 3 aromatic rings. The quantitative estimate of drug-likeness (QED) is 0.574. The molecule has 0 saturated heterocycles. The van der Waals surface area contributed by atoms with Gasteiger partial charge in [0.2, 0.25) is 0 Å². The molecule has 0 aliphatic carbocycles. The molecule has 0 aliphatic rings. The third-order valence-electron chi connectivity index (χ3n) is 3.52. The van der Waals surface area contributed by atoms with E-state index in [1.54, 1.807) is 36.8 Å². The Balaban J connectivity index is 1.74. The van der Waals surface area contributed by atoms with E-state index in [4.69, 9.17) is 0 Å². The van der Waals surface area contributed by atoms with Crippen LogP contribution in [0.1, 0.15) is 21.5 Å². The fraction of sp³-hybridized carbons (Fsp3) is 0.0526. The van der Waals surface area contributed by atoms with Gasteiger partial charge in [-0.05, 0) is 23.8 Å². The largest absolute Gasteiger partial charge is 0.310 e. The Kier molecular flexibility index (Phi) is 5.11. The minimum atomic E-state index is -0.549. The molecule has 0 spiro atoms. The molecular weight excluding hydrogens is 316 g/mol. The fourth-order valence-electron chi connectivity index (χ4n) is 2.29. The van der Waals surface area contributed by atoms with E-state index < -0.39 is 5.91 Å². The first kappa shape index (κ1) is 16.3. The van der Waals surface area contributed by atoms with Crippen LogP contribution in [0.3, 0.4) is 0 Å². The molecule has 3 rings (SSSR count). The molecule has 0 saturated carbocycles. The average molecular weight is 332 g/mol. The Morgan fingerprint density at radius 3 is 2.72 bits per heavy atom. The van der Waals surface area contributed by atoms with Crippen molar-refractivity contribution in [3.63, 3.8) is 0 Å². The van der Waals surface area contributed by atoms with Crippen LogP contribution in [0.25, 0.3) is 0 Å². The highest BCUT2D eigenvalue weighted by atomic mass is 16.2. The van der Waals surface area contributed by atoms with Crippen molar-refractivity contribution in [2.45, 2.75) is 6.54 Å². The van der Waals surface area contributed by atoms with Crippen LogP contribution in [0.4, 0.5) is 0 Å². The van der Waals surface area contributed by atoms with Crippen molar-refractivity contribution in [3.05, 3.63) is 100 Å². The van der Waals surface area contributed by atoms with Gasteiger partial charge in [0.05, 0.1) is 12.8 Å². The van der Waals surface area contributed by atoms with Crippen LogP contribution in [-0.2, 0) is 6.54 Å². The molecule has 6 heteroatoms. The van der Waals surface area contributed by atoms with E-state index in [-0.39, 0.29) is 11.1 Å². The van der Waals surface area contributed by atoms with Gasteiger partial charge >= 0.3 is 0 Å². The van der Waals surface area contributed by atoms with Crippen LogP contribution in [0.2, 0.25) is 0 Å². The number of nitrogens with zero attached hydrogens (tertiary/aromatic N) is 3. The molecule has 0 aliphatic heterocycles. The van der Waals surface area contributed by atoms with Crippen molar-refractivity contribution in [2.75, 3.05) is 0 Å². The van der Waals surface area contributed by atoms with Gasteiger partial charge in [-0.2, -0.15) is 5.10 Å². The number of pyridine rings is 2. The zero-order valence-corrected chi connectivity index (χ0v) is 13.4. The highest BCUT2D eigenvalue weighted by Gasteiger charge is 2.11. The topological polar surface area (TPSA) is 76.3 Å². The smallest absolute Gasteiger partial charge is 0.276 e. The first-order chi connectivity index (χ1) is 12.2. The highest BCUT2D eigenvalue weighted by Crippen LogP contribution is 2.01. The molecule has 0 unspecified atom stereocenters. The number of hydrazone groups is 1. The molecule has 25 heavy (non-hydrogen) atoms. The van der Waals surface area contributed by atoms with Gasteiger partial charge in [-0.3, -0.25) is 14.6 Å². The summed E-state index contributed by atoms with van der Waals surface area (Å²) in [6.07, 6.45) is 6.39. The van der Waals surface area contributed by atoms with Crippen LogP contribution in [-0.4, -0.2) is 21.7 Å². The summed E-state index contributed by atoms with van der Waals surface area (Å²) >= 11 is 0. The molecule has 0 atom stereocenters. The SMILES string of the molecule is O=C(N/N=C\c1cccnc1)c1cccn(Cc2ccccc2)c1=O. The zero-order valence-electron chi connectivity index (χ0n) is 13.4.